The summed E-state index contributed by atoms with van der Waals surface area (Å²) in [5.41, 5.74) is 0.489. The second-order valence-corrected chi connectivity index (χ2v) is 6.33. The molecule has 134 valence electrons. The molecule has 6 nitrogen and oxygen atoms in total. The molecule has 1 N–H and O–H groups in total. The van der Waals surface area contributed by atoms with Crippen LogP contribution in [0, 0.1) is 0 Å². The van der Waals surface area contributed by atoms with Gasteiger partial charge in [-0.15, -0.1) is 0 Å². The number of aromatic nitrogens is 1. The molecule has 27 heavy (non-hydrogen) atoms. The molecule has 0 bridgehead atoms. The van der Waals surface area contributed by atoms with E-state index in [1.165, 1.54) is 23.4 Å². The number of carbonyl (C=O) groups excluding carboxylic acids is 2. The Morgan fingerprint density at radius 1 is 1.15 bits per heavy atom. The molecule has 7 heteroatoms. The number of hydrogen-bond acceptors (Lipinski definition) is 5. The van der Waals surface area contributed by atoms with E-state index >= 15 is 0 Å². The summed E-state index contributed by atoms with van der Waals surface area (Å²) in [7, 11) is 0. The molecule has 1 aromatic carbocycles. The Labute approximate surface area is 159 Å². The molecule has 1 atom stereocenters. The van der Waals surface area contributed by atoms with Crippen LogP contribution in [0.15, 0.2) is 82.8 Å². The molecule has 1 amide bonds. The lowest BCUT2D eigenvalue weighted by Gasteiger charge is -2.25. The zero-order valence-electron chi connectivity index (χ0n) is 13.9. The van der Waals surface area contributed by atoms with Gasteiger partial charge >= 0.3 is 0 Å². The number of carbonyl (C=O) groups is 2. The summed E-state index contributed by atoms with van der Waals surface area (Å²) in [5.74, 6) is -1.59. The largest absolute Gasteiger partial charge is 0.503 e. The first kappa shape index (κ1) is 17.1. The molecule has 2 aromatic heterocycles. The van der Waals surface area contributed by atoms with Gasteiger partial charge in [0.25, 0.3) is 5.91 Å². The maximum atomic E-state index is 13.0. The van der Waals surface area contributed by atoms with Crippen LogP contribution >= 0.6 is 11.6 Å². The average molecular weight is 381 g/mol. The number of anilines is 1. The molecule has 0 saturated carbocycles. The Bertz CT molecular complexity index is 1040. The highest BCUT2D eigenvalue weighted by Gasteiger charge is 2.45. The van der Waals surface area contributed by atoms with Gasteiger partial charge in [-0.3, -0.25) is 14.5 Å². The Morgan fingerprint density at radius 3 is 2.67 bits per heavy atom. The monoisotopic (exact) mass is 380 g/mol. The van der Waals surface area contributed by atoms with Crippen molar-refractivity contribution in [3.63, 3.8) is 0 Å². The van der Waals surface area contributed by atoms with Gasteiger partial charge < -0.3 is 9.52 Å². The number of aliphatic hydroxyl groups is 1. The number of hydrogen-bond donors (Lipinski definition) is 1. The van der Waals surface area contributed by atoms with Crippen molar-refractivity contribution >= 4 is 29.1 Å². The van der Waals surface area contributed by atoms with Crippen molar-refractivity contribution in [1.82, 2.24) is 4.98 Å². The maximum absolute atomic E-state index is 13.0. The summed E-state index contributed by atoms with van der Waals surface area (Å²) in [6.45, 7) is 0. The van der Waals surface area contributed by atoms with Crippen LogP contribution in [0.2, 0.25) is 5.02 Å². The van der Waals surface area contributed by atoms with Crippen LogP contribution in [0.3, 0.4) is 0 Å². The second kappa shape index (κ2) is 6.74. The normalized spacial score (nSPS) is 16.9. The topological polar surface area (TPSA) is 83.6 Å². The number of halogens is 1. The van der Waals surface area contributed by atoms with Crippen molar-refractivity contribution in [3.8, 4) is 0 Å². The first-order chi connectivity index (χ1) is 13.1. The zero-order chi connectivity index (χ0) is 19.0. The summed E-state index contributed by atoms with van der Waals surface area (Å²) in [6, 6.07) is 14.0. The van der Waals surface area contributed by atoms with E-state index in [0.717, 1.165) is 0 Å². The van der Waals surface area contributed by atoms with Crippen molar-refractivity contribution in [2.24, 2.45) is 0 Å². The molecule has 1 aliphatic rings. The molecule has 0 radical (unpaired) electrons. The molecular weight excluding hydrogens is 368 g/mol. The molecule has 0 spiro atoms. The Morgan fingerprint density at radius 2 is 2.00 bits per heavy atom. The SMILES string of the molecule is O=C(C1=C(O)C(=O)N(c2ccccn2)C1c1cccc(Cl)c1)c1ccco1. The van der Waals surface area contributed by atoms with E-state index in [2.05, 4.69) is 4.98 Å². The third-order valence-electron chi connectivity index (χ3n) is 4.26. The molecule has 0 saturated heterocycles. The standard InChI is InChI=1S/C20H13ClN2O4/c21-13-6-3-5-12(11-13)17-16(18(24)14-7-4-10-27-14)19(25)20(26)23(17)15-8-1-2-9-22-15/h1-11,17,25H. The molecule has 1 aliphatic heterocycles. The van der Waals surface area contributed by atoms with E-state index in [4.69, 9.17) is 16.0 Å². The minimum atomic E-state index is -0.885. The maximum Gasteiger partial charge on any atom is 0.295 e. The molecule has 3 aromatic rings. The summed E-state index contributed by atoms with van der Waals surface area (Å²) >= 11 is 6.12. The average Bonchev–Trinajstić information content (AvgIpc) is 3.30. The quantitative estimate of drug-likeness (QED) is 0.688. The third kappa shape index (κ3) is 2.90. The lowest BCUT2D eigenvalue weighted by Crippen LogP contribution is -2.31. The van der Waals surface area contributed by atoms with Gasteiger partial charge in [0.2, 0.25) is 5.78 Å². The van der Waals surface area contributed by atoms with Crippen LogP contribution in [0.5, 0.6) is 0 Å². The van der Waals surface area contributed by atoms with Crippen LogP contribution in [-0.2, 0) is 4.79 Å². The Balaban J connectivity index is 1.90. The number of nitrogens with zero attached hydrogens (tertiary/aromatic N) is 2. The van der Waals surface area contributed by atoms with Crippen molar-refractivity contribution in [2.75, 3.05) is 4.90 Å². The van der Waals surface area contributed by atoms with E-state index in [-0.39, 0.29) is 11.3 Å². The van der Waals surface area contributed by atoms with Crippen LogP contribution < -0.4 is 4.90 Å². The van der Waals surface area contributed by atoms with Gasteiger partial charge in [0.1, 0.15) is 5.82 Å². The Kier molecular flexibility index (Phi) is 4.25. The van der Waals surface area contributed by atoms with Crippen molar-refractivity contribution in [3.05, 3.63) is 94.7 Å². The summed E-state index contributed by atoms with van der Waals surface area (Å²) < 4.78 is 5.17. The van der Waals surface area contributed by atoms with Crippen LogP contribution in [0.1, 0.15) is 22.2 Å². The summed E-state index contributed by atoms with van der Waals surface area (Å²) in [5, 5.41) is 11.0. The second-order valence-electron chi connectivity index (χ2n) is 5.89. The number of aliphatic hydroxyl groups excluding tert-OH is 1. The van der Waals surface area contributed by atoms with E-state index < -0.39 is 23.5 Å². The minimum absolute atomic E-state index is 0.0271. The molecule has 0 fully saturated rings. The first-order valence-corrected chi connectivity index (χ1v) is 8.47. The van der Waals surface area contributed by atoms with E-state index in [9.17, 15) is 14.7 Å². The predicted octanol–water partition coefficient (Wildman–Crippen LogP) is 4.11. The van der Waals surface area contributed by atoms with Gasteiger partial charge in [0.15, 0.2) is 11.5 Å². The van der Waals surface area contributed by atoms with Gasteiger partial charge in [-0.1, -0.05) is 29.8 Å². The van der Waals surface area contributed by atoms with Gasteiger partial charge in [0.05, 0.1) is 17.9 Å². The number of amides is 1. The fraction of sp³-hybridized carbons (Fsp3) is 0.0500. The van der Waals surface area contributed by atoms with Gasteiger partial charge in [-0.05, 0) is 42.0 Å². The Hall–Kier alpha value is -3.38. The molecular formula is C20H13ClN2O4. The molecule has 1 unspecified atom stereocenters. The molecule has 0 aliphatic carbocycles. The van der Waals surface area contributed by atoms with Gasteiger partial charge in [0, 0.05) is 11.2 Å². The molecule has 4 rings (SSSR count). The predicted molar refractivity (Wildman–Crippen MR) is 98.6 cm³/mol. The highest BCUT2D eigenvalue weighted by atomic mass is 35.5. The minimum Gasteiger partial charge on any atom is -0.503 e. The number of rotatable bonds is 4. The van der Waals surface area contributed by atoms with Crippen LogP contribution in [0.25, 0.3) is 0 Å². The van der Waals surface area contributed by atoms with Crippen LogP contribution in [-0.4, -0.2) is 21.8 Å². The highest BCUT2D eigenvalue weighted by Crippen LogP contribution is 2.41. The summed E-state index contributed by atoms with van der Waals surface area (Å²) in [6.07, 6.45) is 2.88. The first-order valence-electron chi connectivity index (χ1n) is 8.09. The van der Waals surface area contributed by atoms with Crippen LogP contribution in [0.4, 0.5) is 5.82 Å². The van der Waals surface area contributed by atoms with Crippen molar-refractivity contribution in [1.29, 1.82) is 0 Å². The van der Waals surface area contributed by atoms with Crippen molar-refractivity contribution in [2.45, 2.75) is 6.04 Å². The number of Topliss-reactive ketones (excluding diaryl/α,β-unsaturated/α-hetero) is 1. The lowest BCUT2D eigenvalue weighted by molar-refractivity contribution is -0.117. The van der Waals surface area contributed by atoms with Gasteiger partial charge in [-0.2, -0.15) is 0 Å². The lowest BCUT2D eigenvalue weighted by atomic mass is 9.95. The number of ketones is 1. The number of benzene rings is 1. The number of pyridine rings is 1. The van der Waals surface area contributed by atoms with E-state index in [0.29, 0.717) is 16.4 Å². The van der Waals surface area contributed by atoms with Gasteiger partial charge in [-0.25, -0.2) is 4.98 Å². The zero-order valence-corrected chi connectivity index (χ0v) is 14.6. The highest BCUT2D eigenvalue weighted by molar-refractivity contribution is 6.30. The summed E-state index contributed by atoms with van der Waals surface area (Å²) in [4.78, 5) is 31.3. The van der Waals surface area contributed by atoms with E-state index in [1.54, 1.807) is 48.5 Å². The van der Waals surface area contributed by atoms with Crippen molar-refractivity contribution < 1.29 is 19.1 Å². The smallest absolute Gasteiger partial charge is 0.295 e. The third-order valence-corrected chi connectivity index (χ3v) is 4.49. The fourth-order valence-electron chi connectivity index (χ4n) is 3.10. The fourth-order valence-corrected chi connectivity index (χ4v) is 3.30. The molecule has 3 heterocycles. The van der Waals surface area contributed by atoms with E-state index in [1.807, 2.05) is 0 Å². The number of furan rings is 1.